The zero-order chi connectivity index (χ0) is 17.2. The Labute approximate surface area is 130 Å². The molecule has 0 saturated carbocycles. The highest BCUT2D eigenvalue weighted by molar-refractivity contribution is 6.87. The monoisotopic (exact) mass is 348 g/mol. The third-order valence-electron chi connectivity index (χ3n) is 2.37. The molecule has 0 fully saturated rings. The van der Waals surface area contributed by atoms with Crippen molar-refractivity contribution >= 4 is 42.4 Å². The normalized spacial score (nSPS) is 14.3. The van der Waals surface area contributed by atoms with Gasteiger partial charge in [0, 0.05) is 0 Å². The van der Waals surface area contributed by atoms with Crippen LogP contribution in [0.25, 0.3) is 0 Å². The minimum absolute atomic E-state index is 0.564. The van der Waals surface area contributed by atoms with Crippen molar-refractivity contribution in [2.75, 3.05) is 0 Å². The molecule has 0 heterocycles. The minimum Gasteiger partial charge on any atom is -0.520 e. The van der Waals surface area contributed by atoms with Crippen LogP contribution in [-0.2, 0) is 23.2 Å². The lowest BCUT2D eigenvalue weighted by atomic mass is 10.3. The van der Waals surface area contributed by atoms with E-state index >= 15 is 0 Å². The maximum Gasteiger partial charge on any atom is 0.361 e. The van der Waals surface area contributed by atoms with Gasteiger partial charge < -0.3 is 8.85 Å². The molecule has 0 aliphatic heterocycles. The summed E-state index contributed by atoms with van der Waals surface area (Å²) in [4.78, 5) is 36.7. The van der Waals surface area contributed by atoms with Gasteiger partial charge in [0.1, 0.15) is 5.54 Å². The summed E-state index contributed by atoms with van der Waals surface area (Å²) in [6, 6.07) is 0. The van der Waals surface area contributed by atoms with Crippen LogP contribution in [0, 0.1) is 0 Å². The number of hydrogen-bond acceptors (Lipinski definition) is 5. The molecule has 1 atom stereocenters. The molecule has 0 bridgehead atoms. The molecule has 0 saturated heterocycles. The van der Waals surface area contributed by atoms with Crippen molar-refractivity contribution in [2.24, 2.45) is 0 Å². The maximum atomic E-state index is 12.4. The molecule has 0 aromatic rings. The third-order valence-corrected chi connectivity index (χ3v) is 6.21. The first kappa shape index (κ1) is 20.3. The Kier molecular flexibility index (Phi) is 6.34. The van der Waals surface area contributed by atoms with E-state index in [1.165, 1.54) is 0 Å². The van der Waals surface area contributed by atoms with Gasteiger partial charge in [-0.2, -0.15) is 0 Å². The van der Waals surface area contributed by atoms with Crippen LogP contribution in [0.15, 0.2) is 0 Å². The van der Waals surface area contributed by atoms with Gasteiger partial charge in [-0.3, -0.25) is 9.59 Å². The molecule has 0 spiro atoms. The highest BCUT2D eigenvalue weighted by Crippen LogP contribution is 2.27. The van der Waals surface area contributed by atoms with Crippen LogP contribution in [-0.4, -0.2) is 42.4 Å². The topological polar surface area (TPSA) is 69.7 Å². The van der Waals surface area contributed by atoms with Gasteiger partial charge in [-0.15, -0.1) is 0 Å². The predicted molar refractivity (Wildman–Crippen MR) is 91.0 cm³/mol. The number of ketones is 1. The third kappa shape index (κ3) is 7.72. The van der Waals surface area contributed by atoms with Gasteiger partial charge in [0.15, 0.2) is 0 Å². The number of carbonyl (C=O) groups excluding carboxylic acids is 3. The molecule has 0 radical (unpaired) electrons. The Morgan fingerprint density at radius 3 is 1.38 bits per heavy atom. The maximum absolute atomic E-state index is 12.4. The van der Waals surface area contributed by atoms with E-state index in [1.807, 2.05) is 58.9 Å². The van der Waals surface area contributed by atoms with Gasteiger partial charge in [-0.05, 0) is 39.3 Å². The second-order valence-corrected chi connectivity index (χ2v) is 22.4. The zero-order valence-electron chi connectivity index (χ0n) is 14.6. The van der Waals surface area contributed by atoms with Gasteiger partial charge >= 0.3 is 11.9 Å². The largest absolute Gasteiger partial charge is 0.520 e. The highest BCUT2D eigenvalue weighted by Gasteiger charge is 2.45. The summed E-state index contributed by atoms with van der Waals surface area (Å²) in [5, 5.41) is 0. The summed E-state index contributed by atoms with van der Waals surface area (Å²) in [7, 11) is -6.52. The predicted octanol–water partition coefficient (Wildman–Crippen LogP) is 3.02. The van der Waals surface area contributed by atoms with Gasteiger partial charge in [-0.1, -0.05) is 19.6 Å². The van der Waals surface area contributed by atoms with Crippen molar-refractivity contribution in [1.29, 1.82) is 0 Å². The molecule has 21 heavy (non-hydrogen) atoms. The molecule has 0 N–H and O–H groups in total. The van der Waals surface area contributed by atoms with Crippen molar-refractivity contribution in [2.45, 2.75) is 64.5 Å². The lowest BCUT2D eigenvalue weighted by Gasteiger charge is -2.29. The molecule has 8 heteroatoms. The van der Waals surface area contributed by atoms with E-state index < -0.39 is 48.0 Å². The van der Waals surface area contributed by atoms with Crippen molar-refractivity contribution < 1.29 is 23.2 Å². The average Bonchev–Trinajstić information content (AvgIpc) is 2.08. The van der Waals surface area contributed by atoms with Crippen LogP contribution in [0.2, 0.25) is 64.5 Å². The van der Waals surface area contributed by atoms with Gasteiger partial charge in [0.25, 0.3) is 0 Å². The van der Waals surface area contributed by atoms with Crippen LogP contribution >= 0.6 is 0 Å². The van der Waals surface area contributed by atoms with Crippen molar-refractivity contribution in [3.63, 3.8) is 0 Å². The van der Waals surface area contributed by atoms with Crippen molar-refractivity contribution in [3.8, 4) is 0 Å². The second-order valence-electron chi connectivity index (χ2n) is 8.20. The van der Waals surface area contributed by atoms with E-state index in [-0.39, 0.29) is 0 Å². The van der Waals surface area contributed by atoms with E-state index in [0.717, 1.165) is 0 Å². The Balaban J connectivity index is 5.32. The van der Waals surface area contributed by atoms with Gasteiger partial charge in [0.2, 0.25) is 22.4 Å². The summed E-state index contributed by atoms with van der Waals surface area (Å²) < 4.78 is 10.7. The molecule has 0 amide bonds. The van der Waals surface area contributed by atoms with Crippen LogP contribution in [0.1, 0.15) is 0 Å². The Bertz CT molecular complexity index is 427. The molecule has 0 aromatic heterocycles. The summed E-state index contributed by atoms with van der Waals surface area (Å²) in [5.41, 5.74) is -0.993. The fourth-order valence-corrected chi connectivity index (χ4v) is 4.83. The minimum atomic E-state index is -2.24. The van der Waals surface area contributed by atoms with Crippen molar-refractivity contribution in [3.05, 3.63) is 0 Å². The highest BCUT2D eigenvalue weighted by atomic mass is 28.4. The quantitative estimate of drug-likeness (QED) is 0.419. The Morgan fingerprint density at radius 2 is 1.10 bits per heavy atom. The Morgan fingerprint density at radius 1 is 0.714 bits per heavy atom. The number of hydrogen-bond donors (Lipinski definition) is 0. The summed E-state index contributed by atoms with van der Waals surface area (Å²) in [6.45, 7) is 16.7. The smallest absolute Gasteiger partial charge is 0.361 e. The summed E-state index contributed by atoms with van der Waals surface area (Å²) in [5.74, 6) is -2.21. The Hall–Kier alpha value is -0.739. The summed E-state index contributed by atoms with van der Waals surface area (Å²) in [6.07, 6.45) is 0. The molecule has 0 aliphatic rings. The van der Waals surface area contributed by atoms with E-state index in [4.69, 9.17) is 8.85 Å². The van der Waals surface area contributed by atoms with Crippen LogP contribution in [0.5, 0.6) is 0 Å². The lowest BCUT2D eigenvalue weighted by molar-refractivity contribution is -0.151. The molecule has 5 nitrogen and oxygen atoms in total. The lowest BCUT2D eigenvalue weighted by Crippen LogP contribution is -2.47. The standard InChI is InChI=1S/C13H28O5Si3/c1-19(2,3)11(13(16)18-21(7,8)9)10(14)12(15)17-20(4,5)6/h11H,1-9H3. The molecule has 0 aliphatic carbocycles. The van der Waals surface area contributed by atoms with Crippen LogP contribution < -0.4 is 0 Å². The van der Waals surface area contributed by atoms with E-state index in [0.29, 0.717) is 0 Å². The SMILES string of the molecule is C[Si](C)(C)OC(=O)C(=O)C(C(=O)O[Si](C)(C)C)[Si](C)(C)C. The fraction of sp³-hybridized carbons (Fsp3) is 0.769. The van der Waals surface area contributed by atoms with Crippen LogP contribution in [0.3, 0.4) is 0 Å². The number of carbonyl (C=O) groups is 3. The molecular weight excluding hydrogens is 320 g/mol. The zero-order valence-corrected chi connectivity index (χ0v) is 17.6. The molecule has 0 rings (SSSR count). The molecule has 122 valence electrons. The first-order chi connectivity index (χ1) is 9.04. The van der Waals surface area contributed by atoms with E-state index in [9.17, 15) is 14.4 Å². The molecule has 1 unspecified atom stereocenters. The van der Waals surface area contributed by atoms with Crippen molar-refractivity contribution in [1.82, 2.24) is 0 Å². The second kappa shape index (κ2) is 6.57. The average molecular weight is 349 g/mol. The molecular formula is C13H28O5Si3. The van der Waals surface area contributed by atoms with Gasteiger partial charge in [-0.25, -0.2) is 4.79 Å². The number of Topliss-reactive ketones (excluding diaryl/α,β-unsaturated/α-hetero) is 1. The molecule has 0 aromatic carbocycles. The number of rotatable bonds is 6. The first-order valence-corrected chi connectivity index (χ1v) is 17.4. The first-order valence-electron chi connectivity index (χ1n) is 7.04. The van der Waals surface area contributed by atoms with Gasteiger partial charge in [0.05, 0.1) is 8.07 Å². The van der Waals surface area contributed by atoms with E-state index in [2.05, 4.69) is 0 Å². The van der Waals surface area contributed by atoms with E-state index in [1.54, 1.807) is 0 Å². The fourth-order valence-electron chi connectivity index (χ4n) is 1.66. The summed E-state index contributed by atoms with van der Waals surface area (Å²) >= 11 is 0. The van der Waals surface area contributed by atoms with Crippen LogP contribution in [0.4, 0.5) is 0 Å².